The maximum atomic E-state index is 13.1. The summed E-state index contributed by atoms with van der Waals surface area (Å²) in [5.41, 5.74) is 10.3. The molecule has 262 valence electrons. The summed E-state index contributed by atoms with van der Waals surface area (Å²) >= 11 is -0.114. The molecule has 1 spiro atoms. The number of alkyl halides is 3. The second kappa shape index (κ2) is 13.4. The molecule has 4 aromatic rings. The van der Waals surface area contributed by atoms with E-state index in [-0.39, 0.29) is 16.2 Å². The predicted molar refractivity (Wildman–Crippen MR) is 187 cm³/mol. The van der Waals surface area contributed by atoms with Crippen LogP contribution in [0.4, 0.5) is 24.9 Å². The number of halogens is 3. The number of hydrogen-bond donors (Lipinski definition) is 2. The topological polar surface area (TPSA) is 123 Å². The molecule has 3 saturated heterocycles. The molecule has 1 aromatic carbocycles. The number of nitrogens with two attached hydrogens (primary N) is 1. The monoisotopic (exact) mass is 714 g/mol. The third kappa shape index (κ3) is 7.02. The van der Waals surface area contributed by atoms with Crippen LogP contribution in [0.2, 0.25) is 0 Å². The van der Waals surface area contributed by atoms with E-state index in [1.54, 1.807) is 13.1 Å². The Morgan fingerprint density at radius 1 is 1.04 bits per heavy atom. The van der Waals surface area contributed by atoms with Crippen molar-refractivity contribution in [3.63, 3.8) is 0 Å². The minimum absolute atomic E-state index is 0.0692. The van der Waals surface area contributed by atoms with Crippen molar-refractivity contribution in [2.24, 2.45) is 5.41 Å². The predicted octanol–water partition coefficient (Wildman–Crippen LogP) is 4.03. The molecule has 3 aliphatic heterocycles. The third-order valence-electron chi connectivity index (χ3n) is 10.4. The van der Waals surface area contributed by atoms with Crippen LogP contribution in [-0.2, 0) is 30.7 Å². The van der Waals surface area contributed by atoms with Crippen molar-refractivity contribution in [3.05, 3.63) is 46.0 Å². The van der Waals surface area contributed by atoms with Gasteiger partial charge in [-0.15, -0.1) is 11.3 Å². The number of benzene rings is 1. The first-order valence-corrected chi connectivity index (χ1v) is 18.5. The number of likely N-dealkylation sites (tertiary alicyclic amines) is 1. The number of nitrogen functional groups attached to an aromatic ring is 1. The van der Waals surface area contributed by atoms with Crippen LogP contribution in [0.1, 0.15) is 34.5 Å². The van der Waals surface area contributed by atoms with Gasteiger partial charge in [0.25, 0.3) is 0 Å². The minimum Gasteiger partial charge on any atom is -0.368 e. The smallest absolute Gasteiger partial charge is 0.368 e. The molecule has 7 rings (SSSR count). The number of hydrogen-bond acceptors (Lipinski definition) is 9. The van der Waals surface area contributed by atoms with Gasteiger partial charge in [-0.1, -0.05) is 6.07 Å². The van der Waals surface area contributed by atoms with Gasteiger partial charge < -0.3 is 15.2 Å². The Balaban J connectivity index is 1.02. The molecule has 6 heterocycles. The lowest BCUT2D eigenvalue weighted by Crippen LogP contribution is -2.49. The Morgan fingerprint density at radius 3 is 2.55 bits per heavy atom. The van der Waals surface area contributed by atoms with E-state index in [9.17, 15) is 22.6 Å². The van der Waals surface area contributed by atoms with Gasteiger partial charge >= 0.3 is 6.18 Å². The molecule has 11 nitrogen and oxygen atoms in total. The van der Waals surface area contributed by atoms with Crippen molar-refractivity contribution in [1.29, 1.82) is 5.26 Å². The van der Waals surface area contributed by atoms with Gasteiger partial charge in [0, 0.05) is 86.6 Å². The molecule has 2 atom stereocenters. The molecular formula is C33H41F3N10OS2. The van der Waals surface area contributed by atoms with Crippen LogP contribution in [0.3, 0.4) is 0 Å². The van der Waals surface area contributed by atoms with E-state index >= 15 is 0 Å². The van der Waals surface area contributed by atoms with Crippen molar-refractivity contribution in [2.45, 2.75) is 45.5 Å². The third-order valence-corrected chi connectivity index (χ3v) is 12.6. The number of anilines is 2. The zero-order chi connectivity index (χ0) is 34.5. The lowest BCUT2D eigenvalue weighted by molar-refractivity contribution is -0.126. The molecule has 0 saturated carbocycles. The number of aromatic nitrogens is 3. The van der Waals surface area contributed by atoms with Crippen LogP contribution in [-0.4, -0.2) is 105 Å². The molecule has 2 unspecified atom stereocenters. The Labute approximate surface area is 290 Å². The first-order valence-electron chi connectivity index (χ1n) is 16.6. The Bertz CT molecular complexity index is 1930. The van der Waals surface area contributed by atoms with Crippen molar-refractivity contribution >= 4 is 55.4 Å². The van der Waals surface area contributed by atoms with Gasteiger partial charge in [0.1, 0.15) is 22.4 Å². The van der Waals surface area contributed by atoms with Crippen molar-refractivity contribution in [1.82, 2.24) is 33.4 Å². The average molecular weight is 715 g/mol. The molecule has 0 amide bonds. The standard InChI is InChI=1S/C33H41F3N10OS2/c1-22-23(3-4-28-26(22)15-24(18-37)46(28)14-11-42-9-12-45(13-10-42)49(47)39-2)19-43-7-5-32(20-43)6-8-44(21-32)29-27-16-25(17-33(34,35)36)48-30(27)41-31(38)40-29/h3-4,15-16,39H,5-14,17,19-21H2,1-2H3,(H2,38,40,41). The van der Waals surface area contributed by atoms with Gasteiger partial charge in [0.15, 0.2) is 11.2 Å². The van der Waals surface area contributed by atoms with Crippen LogP contribution >= 0.6 is 11.3 Å². The summed E-state index contributed by atoms with van der Waals surface area (Å²) in [5, 5.41) is 11.8. The van der Waals surface area contributed by atoms with Crippen LogP contribution in [0.25, 0.3) is 21.1 Å². The quantitative estimate of drug-likeness (QED) is 0.267. The highest BCUT2D eigenvalue weighted by Crippen LogP contribution is 2.44. The lowest BCUT2D eigenvalue weighted by Gasteiger charge is -2.33. The van der Waals surface area contributed by atoms with Crippen molar-refractivity contribution in [2.75, 3.05) is 76.6 Å². The maximum absolute atomic E-state index is 13.1. The molecular weight excluding hydrogens is 674 g/mol. The zero-order valence-electron chi connectivity index (χ0n) is 27.7. The van der Waals surface area contributed by atoms with Gasteiger partial charge in [-0.3, -0.25) is 9.80 Å². The Kier molecular flexibility index (Phi) is 9.35. The molecule has 49 heavy (non-hydrogen) atoms. The summed E-state index contributed by atoms with van der Waals surface area (Å²) in [7, 11) is 1.70. The first-order chi connectivity index (χ1) is 23.4. The lowest BCUT2D eigenvalue weighted by atomic mass is 9.86. The second-order valence-corrected chi connectivity index (χ2v) is 16.1. The van der Waals surface area contributed by atoms with Crippen LogP contribution in [0.5, 0.6) is 0 Å². The second-order valence-electron chi connectivity index (χ2n) is 13.6. The highest BCUT2D eigenvalue weighted by molar-refractivity contribution is 7.80. The van der Waals surface area contributed by atoms with Gasteiger partial charge in [-0.2, -0.15) is 23.4 Å². The molecule has 3 fully saturated rings. The molecule has 0 radical (unpaired) electrons. The van der Waals surface area contributed by atoms with Gasteiger partial charge in [-0.25, -0.2) is 18.2 Å². The normalized spacial score (nSPS) is 21.8. The van der Waals surface area contributed by atoms with E-state index in [4.69, 9.17) is 5.73 Å². The molecule has 0 aliphatic carbocycles. The van der Waals surface area contributed by atoms with E-state index in [1.807, 2.05) is 10.4 Å². The zero-order valence-corrected chi connectivity index (χ0v) is 29.4. The molecule has 0 bridgehead atoms. The minimum atomic E-state index is -4.29. The summed E-state index contributed by atoms with van der Waals surface area (Å²) in [6, 6.07) is 10.3. The van der Waals surface area contributed by atoms with E-state index in [0.29, 0.717) is 28.3 Å². The Morgan fingerprint density at radius 2 is 1.82 bits per heavy atom. The summed E-state index contributed by atoms with van der Waals surface area (Å²) in [5.74, 6) is 0.715. The molecule has 16 heteroatoms. The van der Waals surface area contributed by atoms with Gasteiger partial charge in [0.05, 0.1) is 11.8 Å². The number of nitrogens with zero attached hydrogens (tertiary/aromatic N) is 8. The fourth-order valence-corrected chi connectivity index (χ4v) is 9.68. The van der Waals surface area contributed by atoms with E-state index in [0.717, 1.165) is 101 Å². The molecule has 3 aromatic heterocycles. The van der Waals surface area contributed by atoms with Gasteiger partial charge in [-0.05, 0) is 62.7 Å². The van der Waals surface area contributed by atoms with Gasteiger partial charge in [0.2, 0.25) is 5.95 Å². The SMILES string of the molecule is CNS(=O)N1CCN(CCn2c(C#N)cc3c(C)c(CN4CCC5(CCN(c6nc(N)nc7sc(CC(F)(F)F)cc67)C5)C4)ccc32)CC1. The van der Waals surface area contributed by atoms with Crippen LogP contribution < -0.4 is 15.4 Å². The van der Waals surface area contributed by atoms with Crippen molar-refractivity contribution < 1.29 is 17.4 Å². The fraction of sp³-hybridized carbons (Fsp3) is 0.545. The highest BCUT2D eigenvalue weighted by Gasteiger charge is 2.44. The van der Waals surface area contributed by atoms with E-state index < -0.39 is 23.8 Å². The number of nitrogens with one attached hydrogen (secondary N) is 1. The number of fused-ring (bicyclic) bond motifs is 2. The summed E-state index contributed by atoms with van der Waals surface area (Å²) in [6.07, 6.45) is -3.27. The summed E-state index contributed by atoms with van der Waals surface area (Å²) in [6.45, 7) is 11.1. The molecule has 3 aliphatic rings. The average Bonchev–Trinajstić information content (AvgIpc) is 3.85. The number of aryl methyl sites for hydroxylation is 1. The Hall–Kier alpha value is -3.33. The highest BCUT2D eigenvalue weighted by atomic mass is 32.2. The first kappa shape index (κ1) is 34.1. The van der Waals surface area contributed by atoms with Crippen LogP contribution in [0.15, 0.2) is 24.3 Å². The number of nitriles is 1. The maximum Gasteiger partial charge on any atom is 0.393 e. The number of thiophene rings is 1. The summed E-state index contributed by atoms with van der Waals surface area (Å²) in [4.78, 5) is 16.5. The largest absolute Gasteiger partial charge is 0.393 e. The number of piperazine rings is 1. The fourth-order valence-electron chi connectivity index (χ4n) is 7.87. The van der Waals surface area contributed by atoms with Crippen LogP contribution in [0, 0.1) is 23.7 Å². The van der Waals surface area contributed by atoms with E-state index in [2.05, 4.69) is 59.1 Å². The van der Waals surface area contributed by atoms with Crippen molar-refractivity contribution in [3.8, 4) is 6.07 Å². The molecule has 3 N–H and O–H groups in total. The number of rotatable bonds is 9. The summed E-state index contributed by atoms with van der Waals surface area (Å²) < 4.78 is 58.3. The van der Waals surface area contributed by atoms with E-state index in [1.165, 1.54) is 11.1 Å².